The number of sulfonamides is 1. The van der Waals surface area contributed by atoms with Crippen LogP contribution in [-0.4, -0.2) is 20.6 Å². The number of nitrogens with zero attached hydrogens (tertiary/aromatic N) is 1. The standard InChI is InChI=1S/C24H26N2O3S/c1-17-6-5-7-22(14-17)25-24(27)21-11-9-20(10-12-21)16-26(30(4,28)29)23-13-8-18(2)19(3)15-23/h5-15H,16H2,1-4H3,(H,25,27). The third-order valence-electron chi connectivity index (χ3n) is 5.00. The molecule has 0 bridgehead atoms. The molecule has 0 spiro atoms. The number of carbonyl (C=O) groups excluding carboxylic acids is 1. The number of hydrogen-bond acceptors (Lipinski definition) is 3. The minimum Gasteiger partial charge on any atom is -0.322 e. The van der Waals surface area contributed by atoms with Crippen molar-refractivity contribution in [3.05, 3.63) is 94.5 Å². The molecule has 0 unspecified atom stereocenters. The molecule has 3 rings (SSSR count). The van der Waals surface area contributed by atoms with E-state index in [9.17, 15) is 13.2 Å². The molecule has 30 heavy (non-hydrogen) atoms. The summed E-state index contributed by atoms with van der Waals surface area (Å²) < 4.78 is 26.2. The first-order chi connectivity index (χ1) is 14.1. The second kappa shape index (κ2) is 8.71. The zero-order chi connectivity index (χ0) is 21.9. The topological polar surface area (TPSA) is 66.5 Å². The van der Waals surface area contributed by atoms with Gasteiger partial charge in [-0.15, -0.1) is 0 Å². The summed E-state index contributed by atoms with van der Waals surface area (Å²) in [5.74, 6) is -0.207. The molecular formula is C24H26N2O3S. The average Bonchev–Trinajstić information content (AvgIpc) is 2.68. The molecule has 0 aliphatic carbocycles. The van der Waals surface area contributed by atoms with Crippen molar-refractivity contribution >= 4 is 27.3 Å². The lowest BCUT2D eigenvalue weighted by Crippen LogP contribution is -2.29. The highest BCUT2D eigenvalue weighted by atomic mass is 32.2. The first kappa shape index (κ1) is 21.6. The van der Waals surface area contributed by atoms with E-state index in [1.807, 2.05) is 63.2 Å². The summed E-state index contributed by atoms with van der Waals surface area (Å²) in [4.78, 5) is 12.5. The van der Waals surface area contributed by atoms with E-state index in [2.05, 4.69) is 5.32 Å². The summed E-state index contributed by atoms with van der Waals surface area (Å²) in [6, 6.07) is 20.2. The smallest absolute Gasteiger partial charge is 0.255 e. The number of rotatable bonds is 6. The van der Waals surface area contributed by atoms with E-state index >= 15 is 0 Å². The van der Waals surface area contributed by atoms with Crippen LogP contribution in [0.3, 0.4) is 0 Å². The van der Waals surface area contributed by atoms with Crippen molar-refractivity contribution in [3.8, 4) is 0 Å². The Labute approximate surface area is 178 Å². The summed E-state index contributed by atoms with van der Waals surface area (Å²) in [6.45, 7) is 6.11. The van der Waals surface area contributed by atoms with Crippen LogP contribution in [0.5, 0.6) is 0 Å². The van der Waals surface area contributed by atoms with Crippen molar-refractivity contribution < 1.29 is 13.2 Å². The molecule has 3 aromatic carbocycles. The quantitative estimate of drug-likeness (QED) is 0.619. The third kappa shape index (κ3) is 5.27. The zero-order valence-corrected chi connectivity index (χ0v) is 18.5. The van der Waals surface area contributed by atoms with Gasteiger partial charge < -0.3 is 5.32 Å². The SMILES string of the molecule is Cc1cccc(NC(=O)c2ccc(CN(c3ccc(C)c(C)c3)S(C)(=O)=O)cc2)c1. The lowest BCUT2D eigenvalue weighted by atomic mass is 10.1. The molecule has 0 heterocycles. The maximum absolute atomic E-state index is 12.5. The summed E-state index contributed by atoms with van der Waals surface area (Å²) in [7, 11) is -3.46. The second-order valence-corrected chi connectivity index (χ2v) is 9.47. The van der Waals surface area contributed by atoms with Crippen LogP contribution in [0.1, 0.15) is 32.6 Å². The van der Waals surface area contributed by atoms with Gasteiger partial charge in [0.2, 0.25) is 10.0 Å². The Morgan fingerprint density at radius 1 is 0.900 bits per heavy atom. The molecule has 1 N–H and O–H groups in total. The van der Waals surface area contributed by atoms with Crippen LogP contribution in [0.2, 0.25) is 0 Å². The number of amides is 1. The van der Waals surface area contributed by atoms with Gasteiger partial charge >= 0.3 is 0 Å². The molecule has 3 aromatic rings. The minimum absolute atomic E-state index is 0.196. The van der Waals surface area contributed by atoms with Gasteiger partial charge in [0, 0.05) is 11.3 Å². The van der Waals surface area contributed by atoms with E-state index in [1.165, 1.54) is 10.6 Å². The molecular weight excluding hydrogens is 396 g/mol. The van der Waals surface area contributed by atoms with E-state index < -0.39 is 10.0 Å². The minimum atomic E-state index is -3.46. The number of nitrogens with one attached hydrogen (secondary N) is 1. The zero-order valence-electron chi connectivity index (χ0n) is 17.6. The van der Waals surface area contributed by atoms with E-state index in [-0.39, 0.29) is 12.5 Å². The fourth-order valence-corrected chi connectivity index (χ4v) is 4.01. The van der Waals surface area contributed by atoms with E-state index in [0.717, 1.165) is 27.9 Å². The Hall–Kier alpha value is -3.12. The molecule has 0 atom stereocenters. The summed E-state index contributed by atoms with van der Waals surface area (Å²) in [6.07, 6.45) is 1.20. The normalized spacial score (nSPS) is 11.2. The van der Waals surface area contributed by atoms with Crippen molar-refractivity contribution in [1.29, 1.82) is 0 Å². The lowest BCUT2D eigenvalue weighted by Gasteiger charge is -2.23. The second-order valence-electron chi connectivity index (χ2n) is 7.56. The number of aryl methyl sites for hydroxylation is 3. The van der Waals surface area contributed by atoms with Gasteiger partial charge in [-0.3, -0.25) is 9.10 Å². The largest absolute Gasteiger partial charge is 0.322 e. The highest BCUT2D eigenvalue weighted by Crippen LogP contribution is 2.23. The highest BCUT2D eigenvalue weighted by Gasteiger charge is 2.18. The fourth-order valence-electron chi connectivity index (χ4n) is 3.13. The van der Waals surface area contributed by atoms with Crippen LogP contribution < -0.4 is 9.62 Å². The number of benzene rings is 3. The lowest BCUT2D eigenvalue weighted by molar-refractivity contribution is 0.102. The molecule has 0 radical (unpaired) electrons. The molecule has 1 amide bonds. The van der Waals surface area contributed by atoms with Gasteiger partial charge in [-0.1, -0.05) is 30.3 Å². The molecule has 0 saturated carbocycles. The molecule has 0 fully saturated rings. The predicted octanol–water partition coefficient (Wildman–Crippen LogP) is 4.83. The number of carbonyl (C=O) groups is 1. The van der Waals surface area contributed by atoms with Crippen LogP contribution in [0.15, 0.2) is 66.7 Å². The maximum atomic E-state index is 12.5. The molecule has 0 aliphatic heterocycles. The summed E-state index contributed by atoms with van der Waals surface area (Å²) in [5, 5.41) is 2.88. The van der Waals surface area contributed by atoms with Crippen molar-refractivity contribution in [2.45, 2.75) is 27.3 Å². The number of anilines is 2. The van der Waals surface area contributed by atoms with Gasteiger partial charge in [-0.05, 0) is 79.4 Å². The highest BCUT2D eigenvalue weighted by molar-refractivity contribution is 7.92. The van der Waals surface area contributed by atoms with Gasteiger partial charge in [0.25, 0.3) is 5.91 Å². The molecule has 156 valence electrons. The molecule has 0 saturated heterocycles. The Morgan fingerprint density at radius 2 is 1.60 bits per heavy atom. The predicted molar refractivity (Wildman–Crippen MR) is 123 cm³/mol. The Bertz CT molecular complexity index is 1170. The molecule has 0 aromatic heterocycles. The first-order valence-electron chi connectivity index (χ1n) is 9.65. The van der Waals surface area contributed by atoms with Crippen LogP contribution in [0.4, 0.5) is 11.4 Å². The van der Waals surface area contributed by atoms with Crippen molar-refractivity contribution in [1.82, 2.24) is 0 Å². The molecule has 6 heteroatoms. The maximum Gasteiger partial charge on any atom is 0.255 e. The van der Waals surface area contributed by atoms with E-state index in [0.29, 0.717) is 11.3 Å². The van der Waals surface area contributed by atoms with E-state index in [4.69, 9.17) is 0 Å². The van der Waals surface area contributed by atoms with Crippen molar-refractivity contribution in [3.63, 3.8) is 0 Å². The third-order valence-corrected chi connectivity index (χ3v) is 6.14. The first-order valence-corrected chi connectivity index (χ1v) is 11.5. The van der Waals surface area contributed by atoms with Gasteiger partial charge in [0.1, 0.15) is 0 Å². The van der Waals surface area contributed by atoms with Gasteiger partial charge in [-0.2, -0.15) is 0 Å². The Balaban J connectivity index is 1.78. The monoisotopic (exact) mass is 422 g/mol. The van der Waals surface area contributed by atoms with Crippen molar-refractivity contribution in [2.75, 3.05) is 15.9 Å². The van der Waals surface area contributed by atoms with Crippen LogP contribution >= 0.6 is 0 Å². The summed E-state index contributed by atoms with van der Waals surface area (Å²) in [5.41, 5.74) is 5.88. The molecule has 0 aliphatic rings. The van der Waals surface area contributed by atoms with Crippen molar-refractivity contribution in [2.24, 2.45) is 0 Å². The molecule has 5 nitrogen and oxygen atoms in total. The Morgan fingerprint density at radius 3 is 2.20 bits per heavy atom. The van der Waals surface area contributed by atoms with Gasteiger partial charge in [-0.25, -0.2) is 8.42 Å². The van der Waals surface area contributed by atoms with Crippen LogP contribution in [0.25, 0.3) is 0 Å². The van der Waals surface area contributed by atoms with Gasteiger partial charge in [0.05, 0.1) is 18.5 Å². The Kier molecular flexibility index (Phi) is 6.27. The van der Waals surface area contributed by atoms with E-state index in [1.54, 1.807) is 24.3 Å². The van der Waals surface area contributed by atoms with Crippen LogP contribution in [-0.2, 0) is 16.6 Å². The average molecular weight is 423 g/mol. The summed E-state index contributed by atoms with van der Waals surface area (Å²) >= 11 is 0. The number of hydrogen-bond donors (Lipinski definition) is 1. The van der Waals surface area contributed by atoms with Crippen LogP contribution in [0, 0.1) is 20.8 Å². The fraction of sp³-hybridized carbons (Fsp3) is 0.208. The van der Waals surface area contributed by atoms with Gasteiger partial charge in [0.15, 0.2) is 0 Å².